The fraction of sp³-hybridized carbons (Fsp3) is 0.387. The van der Waals surface area contributed by atoms with Crippen LogP contribution in [0.5, 0.6) is 5.75 Å². The Kier molecular flexibility index (Phi) is 6.62. The standard InChI is InChI=1S/C31H33N3O7/c32-30(40)25-22(35)14-19-13-18-12-17-6-7-21(26(36)23(17)27(37)24(18)28(38)31(19,41)29(25)39)33-20-8-10-34(11-9-20)15-16-4-2-1-3-5-16/h1-7,18-20,33,36-37,39,41H,8-15H2,(H2,32,40)/t18-,19-,31-/m0/s1. The van der Waals surface area contributed by atoms with Crippen LogP contribution < -0.4 is 11.1 Å². The molecular formula is C31H33N3O7. The molecule has 3 atom stereocenters. The zero-order valence-electron chi connectivity index (χ0n) is 22.5. The summed E-state index contributed by atoms with van der Waals surface area (Å²) in [4.78, 5) is 40.3. The van der Waals surface area contributed by atoms with Crippen LogP contribution in [-0.2, 0) is 27.3 Å². The van der Waals surface area contributed by atoms with Gasteiger partial charge >= 0.3 is 0 Å². The van der Waals surface area contributed by atoms with Crippen molar-refractivity contribution in [1.29, 1.82) is 0 Å². The molecule has 0 unspecified atom stereocenters. The molecule has 2 fully saturated rings. The lowest BCUT2D eigenvalue weighted by Crippen LogP contribution is -2.58. The van der Waals surface area contributed by atoms with Gasteiger partial charge in [-0.15, -0.1) is 0 Å². The van der Waals surface area contributed by atoms with Crippen molar-refractivity contribution in [1.82, 2.24) is 4.90 Å². The number of carbonyl (C=O) groups excluding carboxylic acids is 3. The molecule has 0 bridgehead atoms. The van der Waals surface area contributed by atoms with Crippen molar-refractivity contribution in [2.75, 3.05) is 18.4 Å². The summed E-state index contributed by atoms with van der Waals surface area (Å²) < 4.78 is 0. The van der Waals surface area contributed by atoms with E-state index in [1.807, 2.05) is 18.2 Å². The van der Waals surface area contributed by atoms with E-state index in [4.69, 9.17) is 5.73 Å². The zero-order chi connectivity index (χ0) is 29.1. The summed E-state index contributed by atoms with van der Waals surface area (Å²) in [5, 5.41) is 48.1. The predicted molar refractivity (Wildman–Crippen MR) is 150 cm³/mol. The molecular weight excluding hydrogens is 526 g/mol. The van der Waals surface area contributed by atoms with Gasteiger partial charge in [0.15, 0.2) is 11.4 Å². The third-order valence-electron chi connectivity index (χ3n) is 9.13. The number of nitrogens with two attached hydrogens (primary N) is 1. The van der Waals surface area contributed by atoms with Gasteiger partial charge in [0, 0.05) is 43.6 Å². The third-order valence-corrected chi connectivity index (χ3v) is 9.13. The second-order valence-corrected chi connectivity index (χ2v) is 11.6. The number of benzene rings is 2. The molecule has 1 saturated carbocycles. The molecule has 2 aromatic rings. The number of piperidine rings is 1. The van der Waals surface area contributed by atoms with Crippen LogP contribution in [-0.4, -0.2) is 67.5 Å². The van der Waals surface area contributed by atoms with Crippen LogP contribution >= 0.6 is 0 Å². The molecule has 1 aliphatic heterocycles. The van der Waals surface area contributed by atoms with Crippen LogP contribution in [0.2, 0.25) is 0 Å². The summed E-state index contributed by atoms with van der Waals surface area (Å²) in [7, 11) is 0. The fourth-order valence-corrected chi connectivity index (χ4v) is 7.01. The highest BCUT2D eigenvalue weighted by atomic mass is 16.3. The first kappa shape index (κ1) is 27.0. The van der Waals surface area contributed by atoms with Gasteiger partial charge in [0.1, 0.15) is 22.8 Å². The van der Waals surface area contributed by atoms with E-state index in [2.05, 4.69) is 22.3 Å². The molecule has 4 aliphatic rings. The molecule has 6 rings (SSSR count). The number of nitrogens with zero attached hydrogens (tertiary/aromatic N) is 1. The first-order chi connectivity index (χ1) is 19.6. The largest absolute Gasteiger partial charge is 0.508 e. The molecule has 10 nitrogen and oxygen atoms in total. The molecule has 1 amide bonds. The molecule has 214 valence electrons. The number of rotatable bonds is 5. The number of likely N-dealkylation sites (tertiary alicyclic amines) is 1. The lowest BCUT2D eigenvalue weighted by atomic mass is 9.59. The van der Waals surface area contributed by atoms with Crippen LogP contribution in [0.4, 0.5) is 5.69 Å². The van der Waals surface area contributed by atoms with E-state index in [9.17, 15) is 34.8 Å². The molecule has 2 aromatic carbocycles. The second-order valence-electron chi connectivity index (χ2n) is 11.6. The van der Waals surface area contributed by atoms with Gasteiger partial charge in [0.2, 0.25) is 5.78 Å². The topological polar surface area (TPSA) is 173 Å². The fourth-order valence-electron chi connectivity index (χ4n) is 7.01. The maximum atomic E-state index is 13.7. The van der Waals surface area contributed by atoms with Crippen LogP contribution in [0.25, 0.3) is 5.76 Å². The molecule has 7 N–H and O–H groups in total. The number of aromatic hydroxyl groups is 1. The summed E-state index contributed by atoms with van der Waals surface area (Å²) in [6.07, 6.45) is 1.79. The number of ketones is 2. The molecule has 41 heavy (non-hydrogen) atoms. The molecule has 1 saturated heterocycles. The number of nitrogens with one attached hydrogen (secondary N) is 1. The van der Waals surface area contributed by atoms with Crippen molar-refractivity contribution in [2.24, 2.45) is 17.6 Å². The van der Waals surface area contributed by atoms with Gasteiger partial charge in [-0.05, 0) is 48.8 Å². The summed E-state index contributed by atoms with van der Waals surface area (Å²) in [6.45, 7) is 2.65. The summed E-state index contributed by atoms with van der Waals surface area (Å²) in [5.74, 6) is -6.22. The number of aliphatic hydroxyl groups excluding tert-OH is 2. The van der Waals surface area contributed by atoms with Crippen LogP contribution in [0.1, 0.15) is 42.4 Å². The molecule has 1 heterocycles. The first-order valence-corrected chi connectivity index (χ1v) is 13.9. The van der Waals surface area contributed by atoms with Crippen LogP contribution in [0.3, 0.4) is 0 Å². The van der Waals surface area contributed by atoms with E-state index in [0.29, 0.717) is 17.7 Å². The van der Waals surface area contributed by atoms with Gasteiger partial charge in [-0.2, -0.15) is 0 Å². The van der Waals surface area contributed by atoms with Crippen molar-refractivity contribution in [3.05, 3.63) is 76.1 Å². The average Bonchev–Trinajstić information content (AvgIpc) is 2.93. The summed E-state index contributed by atoms with van der Waals surface area (Å²) in [5.41, 5.74) is 4.18. The Morgan fingerprint density at radius 1 is 1.02 bits per heavy atom. The summed E-state index contributed by atoms with van der Waals surface area (Å²) in [6, 6.07) is 13.9. The smallest absolute Gasteiger partial charge is 0.255 e. The number of fused-ring (bicyclic) bond motifs is 3. The van der Waals surface area contributed by atoms with Crippen LogP contribution in [0.15, 0.2) is 59.4 Å². The van der Waals surface area contributed by atoms with E-state index in [0.717, 1.165) is 32.5 Å². The minimum Gasteiger partial charge on any atom is -0.508 e. The number of Topliss-reactive ketones (excluding diaryl/α,β-unsaturated/α-hetero) is 2. The van der Waals surface area contributed by atoms with Crippen molar-refractivity contribution < 1.29 is 34.8 Å². The number of hydrogen-bond donors (Lipinski definition) is 6. The SMILES string of the molecule is NC(=O)C1=C(O)[C@@]2(O)C(=O)C3=C(O)c4c(ccc(NC5CCN(Cc6ccccc6)CC5)c4O)C[C@H]3C[C@H]2CC1=O. The third kappa shape index (κ3) is 4.38. The minimum absolute atomic E-state index is 0.101. The van der Waals surface area contributed by atoms with Gasteiger partial charge in [0.25, 0.3) is 5.91 Å². The highest BCUT2D eigenvalue weighted by molar-refractivity contribution is 6.22. The van der Waals surface area contributed by atoms with Crippen molar-refractivity contribution >= 4 is 28.9 Å². The zero-order valence-corrected chi connectivity index (χ0v) is 22.5. The molecule has 0 spiro atoms. The van der Waals surface area contributed by atoms with Gasteiger partial charge < -0.3 is 31.5 Å². The highest BCUT2D eigenvalue weighted by Crippen LogP contribution is 2.52. The number of phenolic OH excluding ortho intramolecular Hbond substituents is 1. The second kappa shape index (κ2) is 10.0. The molecule has 10 heteroatoms. The first-order valence-electron chi connectivity index (χ1n) is 13.9. The number of anilines is 1. The predicted octanol–water partition coefficient (Wildman–Crippen LogP) is 2.50. The van der Waals surface area contributed by atoms with Crippen LogP contribution in [0, 0.1) is 11.8 Å². The number of amides is 1. The van der Waals surface area contributed by atoms with Crippen molar-refractivity contribution in [2.45, 2.75) is 50.3 Å². The van der Waals surface area contributed by atoms with Gasteiger partial charge in [-0.3, -0.25) is 19.3 Å². The minimum atomic E-state index is -2.56. The Hall–Kier alpha value is -4.15. The lowest BCUT2D eigenvalue weighted by molar-refractivity contribution is -0.147. The Bertz CT molecular complexity index is 1510. The van der Waals surface area contributed by atoms with E-state index in [1.165, 1.54) is 5.56 Å². The molecule has 0 radical (unpaired) electrons. The van der Waals surface area contributed by atoms with Gasteiger partial charge in [-0.1, -0.05) is 36.4 Å². The van der Waals surface area contributed by atoms with Crippen molar-refractivity contribution in [3.8, 4) is 5.75 Å². The Balaban J connectivity index is 1.25. The quantitative estimate of drug-likeness (QED) is 0.238. The Morgan fingerprint density at radius 3 is 2.41 bits per heavy atom. The van der Waals surface area contributed by atoms with E-state index >= 15 is 0 Å². The number of phenols is 1. The number of carbonyl (C=O) groups is 3. The number of aliphatic hydroxyl groups is 3. The maximum absolute atomic E-state index is 13.7. The van der Waals surface area contributed by atoms with E-state index in [1.54, 1.807) is 12.1 Å². The summed E-state index contributed by atoms with van der Waals surface area (Å²) >= 11 is 0. The van der Waals surface area contributed by atoms with Crippen molar-refractivity contribution in [3.63, 3.8) is 0 Å². The average molecular weight is 560 g/mol. The molecule has 0 aromatic heterocycles. The monoisotopic (exact) mass is 559 g/mol. The number of primary amides is 1. The highest BCUT2D eigenvalue weighted by Gasteiger charge is 2.60. The van der Waals surface area contributed by atoms with Gasteiger partial charge in [-0.25, -0.2) is 0 Å². The lowest BCUT2D eigenvalue weighted by Gasteiger charge is -2.46. The Labute approximate surface area is 236 Å². The van der Waals surface area contributed by atoms with Gasteiger partial charge in [0.05, 0.1) is 11.3 Å². The molecule has 3 aliphatic carbocycles. The number of hydrogen-bond acceptors (Lipinski definition) is 9. The van der Waals surface area contributed by atoms with E-state index in [-0.39, 0.29) is 35.8 Å². The normalized spacial score (nSPS) is 26.9. The Morgan fingerprint density at radius 2 is 1.73 bits per heavy atom. The van der Waals surface area contributed by atoms with E-state index < -0.39 is 52.0 Å². The maximum Gasteiger partial charge on any atom is 0.255 e.